The van der Waals surface area contributed by atoms with Gasteiger partial charge in [-0.3, -0.25) is 4.79 Å². The molecule has 0 saturated carbocycles. The lowest BCUT2D eigenvalue weighted by atomic mass is 10.1. The fourth-order valence-electron chi connectivity index (χ4n) is 1.78. The summed E-state index contributed by atoms with van der Waals surface area (Å²) in [5.74, 6) is -1.05. The van der Waals surface area contributed by atoms with Gasteiger partial charge in [0.25, 0.3) is 0 Å². The summed E-state index contributed by atoms with van der Waals surface area (Å²) in [4.78, 5) is 10.7. The Hall–Kier alpha value is -1.28. The molecule has 0 aliphatic carbocycles. The highest BCUT2D eigenvalue weighted by Crippen LogP contribution is 2.25. The van der Waals surface area contributed by atoms with Crippen LogP contribution in [0.25, 0.3) is 10.9 Å². The second-order valence-electron chi connectivity index (χ2n) is 3.78. The van der Waals surface area contributed by atoms with Crippen molar-refractivity contribution in [2.24, 2.45) is 5.73 Å². The number of rotatable bonds is 3. The fraction of sp³-hybridized carbons (Fsp3) is 0.182. The molecule has 1 aromatic carbocycles. The van der Waals surface area contributed by atoms with Crippen LogP contribution in [-0.2, 0) is 11.2 Å². The summed E-state index contributed by atoms with van der Waals surface area (Å²) in [6.07, 6.45) is 1.70. The quantitative estimate of drug-likeness (QED) is 0.580. The normalized spacial score (nSPS) is 12.8. The molecule has 0 amide bonds. The minimum absolute atomic E-state index is 0.194. The van der Waals surface area contributed by atoms with Gasteiger partial charge in [0.2, 0.25) is 0 Å². The summed E-state index contributed by atoms with van der Waals surface area (Å²) in [6.45, 7) is 0. The highest BCUT2D eigenvalue weighted by molar-refractivity contribution is 14.1. The number of carboxylic acid groups (broad SMARTS) is 1. The van der Waals surface area contributed by atoms with Gasteiger partial charge in [-0.15, -0.1) is 0 Å². The molecule has 1 heterocycles. The van der Waals surface area contributed by atoms with E-state index in [0.717, 1.165) is 19.3 Å². The number of hydrogen-bond donors (Lipinski definition) is 3. The molecular formula is C11H11IN2O3. The van der Waals surface area contributed by atoms with E-state index in [2.05, 4.69) is 22.6 Å². The maximum atomic E-state index is 10.7. The average Bonchev–Trinajstić information content (AvgIpc) is 2.57. The van der Waals surface area contributed by atoms with Crippen molar-refractivity contribution in [3.05, 3.63) is 33.5 Å². The van der Waals surface area contributed by atoms with Crippen molar-refractivity contribution in [1.82, 2.24) is 4.73 Å². The molecule has 0 bridgehead atoms. The Kier molecular flexibility index (Phi) is 3.25. The molecule has 2 rings (SSSR count). The van der Waals surface area contributed by atoms with E-state index in [0.29, 0.717) is 5.52 Å². The first-order chi connectivity index (χ1) is 8.00. The van der Waals surface area contributed by atoms with Crippen LogP contribution in [0, 0.1) is 3.57 Å². The number of carboxylic acids is 1. The largest absolute Gasteiger partial charge is 0.480 e. The number of carbonyl (C=O) groups is 1. The van der Waals surface area contributed by atoms with E-state index in [1.54, 1.807) is 0 Å². The molecule has 2 aromatic rings. The third kappa shape index (κ3) is 2.22. The smallest absolute Gasteiger partial charge is 0.320 e. The molecule has 1 unspecified atom stereocenters. The first-order valence-electron chi connectivity index (χ1n) is 4.97. The van der Waals surface area contributed by atoms with Crippen LogP contribution in [0.3, 0.4) is 0 Å². The molecule has 5 nitrogen and oxygen atoms in total. The lowest BCUT2D eigenvalue weighted by molar-refractivity contribution is -0.138. The number of halogens is 1. The van der Waals surface area contributed by atoms with E-state index in [4.69, 9.17) is 10.8 Å². The van der Waals surface area contributed by atoms with E-state index < -0.39 is 12.0 Å². The van der Waals surface area contributed by atoms with Gasteiger partial charge in [0, 0.05) is 21.6 Å². The Labute approximate surface area is 111 Å². The fourth-order valence-corrected chi connectivity index (χ4v) is 2.52. The van der Waals surface area contributed by atoms with Crippen LogP contribution in [0.1, 0.15) is 5.56 Å². The third-order valence-corrected chi connectivity index (χ3v) is 3.47. The van der Waals surface area contributed by atoms with Crippen LogP contribution in [0.5, 0.6) is 0 Å². The van der Waals surface area contributed by atoms with E-state index in [1.807, 2.05) is 18.2 Å². The number of aromatic nitrogens is 1. The van der Waals surface area contributed by atoms with Crippen LogP contribution in [0.15, 0.2) is 24.4 Å². The highest BCUT2D eigenvalue weighted by atomic mass is 127. The first-order valence-corrected chi connectivity index (χ1v) is 6.04. The molecule has 90 valence electrons. The summed E-state index contributed by atoms with van der Waals surface area (Å²) >= 11 is 2.12. The lowest BCUT2D eigenvalue weighted by Crippen LogP contribution is -2.32. The van der Waals surface area contributed by atoms with Crippen molar-refractivity contribution in [1.29, 1.82) is 0 Å². The number of hydrogen-bond acceptors (Lipinski definition) is 3. The van der Waals surface area contributed by atoms with Crippen LogP contribution >= 0.6 is 22.6 Å². The zero-order valence-corrected chi connectivity index (χ0v) is 11.0. The summed E-state index contributed by atoms with van der Waals surface area (Å²) in [7, 11) is 0. The van der Waals surface area contributed by atoms with Gasteiger partial charge < -0.3 is 16.0 Å². The minimum atomic E-state index is -1.05. The number of para-hydroxylation sites is 1. The molecule has 0 saturated heterocycles. The average molecular weight is 346 g/mol. The topological polar surface area (TPSA) is 88.5 Å². The van der Waals surface area contributed by atoms with Gasteiger partial charge in [-0.05, 0) is 34.2 Å². The Bertz CT molecular complexity index is 579. The van der Waals surface area contributed by atoms with Gasteiger partial charge in [-0.2, -0.15) is 4.73 Å². The standard InChI is InChI=1S/C11H11IN2O3/c12-8-3-1-2-7-6(4-9(13)11(15)16)5-14(17)10(7)8/h1-3,5,9,17H,4,13H2,(H,15,16). The SMILES string of the molecule is NC(Cc1cn(O)c2c(I)cccc12)C(=O)O. The molecule has 1 atom stereocenters. The van der Waals surface area contributed by atoms with Crippen LogP contribution in [-0.4, -0.2) is 27.1 Å². The van der Waals surface area contributed by atoms with E-state index in [-0.39, 0.29) is 6.42 Å². The van der Waals surface area contributed by atoms with E-state index in [9.17, 15) is 10.0 Å². The number of nitrogens with zero attached hydrogens (tertiary/aromatic N) is 1. The second-order valence-corrected chi connectivity index (χ2v) is 4.95. The van der Waals surface area contributed by atoms with Gasteiger partial charge >= 0.3 is 5.97 Å². The molecule has 0 aliphatic heterocycles. The van der Waals surface area contributed by atoms with Crippen LogP contribution in [0.4, 0.5) is 0 Å². The summed E-state index contributed by atoms with van der Waals surface area (Å²) in [6, 6.07) is 4.61. The predicted molar refractivity (Wildman–Crippen MR) is 71.2 cm³/mol. The molecule has 0 aliphatic rings. The maximum absolute atomic E-state index is 10.7. The summed E-state index contributed by atoms with van der Waals surface area (Å²) < 4.78 is 1.92. The van der Waals surface area contributed by atoms with Crippen LogP contribution in [0.2, 0.25) is 0 Å². The number of fused-ring (bicyclic) bond motifs is 1. The van der Waals surface area contributed by atoms with E-state index >= 15 is 0 Å². The van der Waals surface area contributed by atoms with Crippen molar-refractivity contribution in [2.45, 2.75) is 12.5 Å². The molecular weight excluding hydrogens is 335 g/mol. The molecule has 0 spiro atoms. The van der Waals surface area contributed by atoms with Crippen molar-refractivity contribution >= 4 is 39.5 Å². The number of nitrogens with two attached hydrogens (primary N) is 1. The van der Waals surface area contributed by atoms with Gasteiger partial charge in [-0.25, -0.2) is 0 Å². The zero-order valence-electron chi connectivity index (χ0n) is 8.80. The maximum Gasteiger partial charge on any atom is 0.320 e. The molecule has 17 heavy (non-hydrogen) atoms. The van der Waals surface area contributed by atoms with Crippen LogP contribution < -0.4 is 5.73 Å². The van der Waals surface area contributed by atoms with Crippen molar-refractivity contribution < 1.29 is 15.1 Å². The van der Waals surface area contributed by atoms with Crippen molar-refractivity contribution in [3.8, 4) is 0 Å². The Morgan fingerprint density at radius 2 is 2.24 bits per heavy atom. The van der Waals surface area contributed by atoms with Gasteiger partial charge in [-0.1, -0.05) is 12.1 Å². The second kappa shape index (κ2) is 4.53. The van der Waals surface area contributed by atoms with Gasteiger partial charge in [0.1, 0.15) is 11.6 Å². The first kappa shape index (κ1) is 12.2. The molecule has 6 heteroatoms. The summed E-state index contributed by atoms with van der Waals surface area (Å²) in [5, 5.41) is 19.4. The minimum Gasteiger partial charge on any atom is -0.480 e. The molecule has 0 radical (unpaired) electrons. The Morgan fingerprint density at radius 3 is 2.88 bits per heavy atom. The van der Waals surface area contributed by atoms with Gasteiger partial charge in [0.05, 0.1) is 0 Å². The number of benzene rings is 1. The van der Waals surface area contributed by atoms with E-state index in [1.165, 1.54) is 6.20 Å². The molecule has 1 aromatic heterocycles. The molecule has 0 fully saturated rings. The highest BCUT2D eigenvalue weighted by Gasteiger charge is 2.17. The molecule has 4 N–H and O–H groups in total. The summed E-state index contributed by atoms with van der Waals surface area (Å²) in [5.41, 5.74) is 6.91. The lowest BCUT2D eigenvalue weighted by Gasteiger charge is -2.04. The number of aliphatic carboxylic acids is 1. The monoisotopic (exact) mass is 346 g/mol. The zero-order chi connectivity index (χ0) is 12.6. The van der Waals surface area contributed by atoms with Crippen molar-refractivity contribution in [3.63, 3.8) is 0 Å². The third-order valence-electron chi connectivity index (χ3n) is 2.60. The Morgan fingerprint density at radius 1 is 1.53 bits per heavy atom. The predicted octanol–water partition coefficient (Wildman–Crippen LogP) is 1.44. The van der Waals surface area contributed by atoms with Gasteiger partial charge in [0.15, 0.2) is 0 Å². The van der Waals surface area contributed by atoms with Crippen molar-refractivity contribution in [2.75, 3.05) is 0 Å². The Balaban J connectivity index is 2.49.